The molecule has 0 amide bonds. The zero-order chi connectivity index (χ0) is 11.2. The van der Waals surface area contributed by atoms with E-state index in [0.717, 1.165) is 12.5 Å². The maximum Gasteiger partial charge on any atom is 0.172 e. The summed E-state index contributed by atoms with van der Waals surface area (Å²) in [6.45, 7) is 1.90. The van der Waals surface area contributed by atoms with Gasteiger partial charge in [0.05, 0.1) is 10.0 Å². The van der Waals surface area contributed by atoms with Gasteiger partial charge in [-0.2, -0.15) is 0 Å². The fraction of sp³-hybridized carbons (Fsp3) is 0.364. The highest BCUT2D eigenvalue weighted by atomic mass is 79.9. The Bertz CT molecular complexity index is 431. The van der Waals surface area contributed by atoms with Crippen molar-refractivity contribution in [2.45, 2.75) is 13.3 Å². The first-order chi connectivity index (χ1) is 7.02. The average molecular weight is 275 g/mol. The normalized spacial score (nSPS) is 24.0. The molecule has 0 N–H and O–H groups in total. The molecule has 15 heavy (non-hydrogen) atoms. The van der Waals surface area contributed by atoms with Gasteiger partial charge in [-0.25, -0.2) is 8.78 Å². The maximum atomic E-state index is 13.5. The van der Waals surface area contributed by atoms with E-state index in [1.165, 1.54) is 6.07 Å². The minimum absolute atomic E-state index is 0.126. The highest BCUT2D eigenvalue weighted by Crippen LogP contribution is 2.41. The number of hydrogen-bond acceptors (Lipinski definition) is 1. The van der Waals surface area contributed by atoms with Crippen LogP contribution in [0, 0.1) is 23.5 Å². The summed E-state index contributed by atoms with van der Waals surface area (Å²) in [6.07, 6.45) is 0.726. The summed E-state index contributed by atoms with van der Waals surface area (Å²) in [6, 6.07) is 2.37. The summed E-state index contributed by atoms with van der Waals surface area (Å²) in [5.41, 5.74) is -0.404. The smallest absolute Gasteiger partial charge is 0.172 e. The number of Topliss-reactive ketones (excluding diaryl/α,β-unsaturated/α-hetero) is 1. The maximum absolute atomic E-state index is 13.5. The van der Waals surface area contributed by atoms with Crippen LogP contribution in [0.4, 0.5) is 8.78 Å². The number of halogens is 3. The monoisotopic (exact) mass is 274 g/mol. The van der Waals surface area contributed by atoms with Crippen molar-refractivity contribution in [1.82, 2.24) is 0 Å². The van der Waals surface area contributed by atoms with E-state index in [2.05, 4.69) is 15.9 Å². The standard InChI is InChI=1S/C11H9BrF2O/c1-5-4-6(5)11(15)9-8(13)3-2-7(12)10(9)14/h2-3,5-6H,4H2,1H3. The molecule has 0 aliphatic heterocycles. The Labute approximate surface area is 94.6 Å². The van der Waals surface area contributed by atoms with E-state index in [1.54, 1.807) is 0 Å². The van der Waals surface area contributed by atoms with Crippen LogP contribution in [-0.4, -0.2) is 5.78 Å². The van der Waals surface area contributed by atoms with Gasteiger partial charge in [0.2, 0.25) is 0 Å². The predicted molar refractivity (Wildman–Crippen MR) is 55.7 cm³/mol. The summed E-state index contributed by atoms with van der Waals surface area (Å²) in [4.78, 5) is 11.7. The molecule has 1 nitrogen and oxygen atoms in total. The summed E-state index contributed by atoms with van der Waals surface area (Å²) < 4.78 is 27.0. The van der Waals surface area contributed by atoms with Crippen molar-refractivity contribution in [3.05, 3.63) is 33.8 Å². The predicted octanol–water partition coefficient (Wildman–Crippen LogP) is 3.57. The second kappa shape index (κ2) is 3.67. The lowest BCUT2D eigenvalue weighted by Gasteiger charge is -2.04. The van der Waals surface area contributed by atoms with E-state index < -0.39 is 23.0 Å². The van der Waals surface area contributed by atoms with Gasteiger partial charge in [-0.05, 0) is 40.4 Å². The van der Waals surface area contributed by atoms with Gasteiger partial charge in [0.15, 0.2) is 11.6 Å². The minimum Gasteiger partial charge on any atom is -0.294 e. The Hall–Kier alpha value is -0.770. The number of rotatable bonds is 2. The zero-order valence-corrected chi connectivity index (χ0v) is 9.64. The highest BCUT2D eigenvalue weighted by Gasteiger charge is 2.41. The third kappa shape index (κ3) is 1.83. The number of benzene rings is 1. The summed E-state index contributed by atoms with van der Waals surface area (Å²) in [5.74, 6) is -1.95. The Morgan fingerprint density at radius 2 is 2.07 bits per heavy atom. The third-order valence-corrected chi connectivity index (χ3v) is 3.35. The van der Waals surface area contributed by atoms with Crippen LogP contribution >= 0.6 is 15.9 Å². The van der Waals surface area contributed by atoms with Crippen molar-refractivity contribution in [2.75, 3.05) is 0 Å². The molecule has 0 spiro atoms. The molecule has 0 saturated heterocycles. The van der Waals surface area contributed by atoms with Crippen LogP contribution in [0.2, 0.25) is 0 Å². The van der Waals surface area contributed by atoms with Gasteiger partial charge in [0.1, 0.15) is 5.82 Å². The molecule has 1 aromatic carbocycles. The lowest BCUT2D eigenvalue weighted by Crippen LogP contribution is -2.09. The van der Waals surface area contributed by atoms with Crippen molar-refractivity contribution < 1.29 is 13.6 Å². The van der Waals surface area contributed by atoms with Crippen molar-refractivity contribution >= 4 is 21.7 Å². The SMILES string of the molecule is CC1CC1C(=O)c1c(F)ccc(Br)c1F. The molecule has 4 heteroatoms. The molecule has 2 rings (SSSR count). The molecule has 0 bridgehead atoms. The molecule has 0 heterocycles. The molecular formula is C11H9BrF2O. The van der Waals surface area contributed by atoms with Crippen molar-refractivity contribution in [2.24, 2.45) is 11.8 Å². The van der Waals surface area contributed by atoms with E-state index in [0.29, 0.717) is 0 Å². The van der Waals surface area contributed by atoms with Crippen LogP contribution < -0.4 is 0 Å². The van der Waals surface area contributed by atoms with Gasteiger partial charge >= 0.3 is 0 Å². The molecule has 1 aliphatic carbocycles. The second-order valence-electron chi connectivity index (χ2n) is 3.90. The van der Waals surface area contributed by atoms with Crippen LogP contribution in [0.25, 0.3) is 0 Å². The molecule has 1 aromatic rings. The van der Waals surface area contributed by atoms with Crippen LogP contribution in [-0.2, 0) is 0 Å². The fourth-order valence-corrected chi connectivity index (χ4v) is 1.96. The van der Waals surface area contributed by atoms with Crippen LogP contribution in [0.1, 0.15) is 23.7 Å². The van der Waals surface area contributed by atoms with Gasteiger partial charge in [0, 0.05) is 5.92 Å². The third-order valence-electron chi connectivity index (χ3n) is 2.74. The first-order valence-corrected chi connectivity index (χ1v) is 5.49. The quantitative estimate of drug-likeness (QED) is 0.595. The molecule has 1 saturated carbocycles. The average Bonchev–Trinajstić information content (AvgIpc) is 2.90. The van der Waals surface area contributed by atoms with Gasteiger partial charge in [-0.15, -0.1) is 0 Å². The molecule has 0 aromatic heterocycles. The summed E-state index contributed by atoms with van der Waals surface area (Å²) >= 11 is 2.94. The highest BCUT2D eigenvalue weighted by molar-refractivity contribution is 9.10. The number of hydrogen-bond donors (Lipinski definition) is 0. The van der Waals surface area contributed by atoms with E-state index >= 15 is 0 Å². The number of ketones is 1. The lowest BCUT2D eigenvalue weighted by atomic mass is 10.0. The van der Waals surface area contributed by atoms with Gasteiger partial charge in [-0.3, -0.25) is 4.79 Å². The molecule has 80 valence electrons. The van der Waals surface area contributed by atoms with E-state index in [9.17, 15) is 13.6 Å². The molecule has 1 fully saturated rings. The van der Waals surface area contributed by atoms with Crippen LogP contribution in [0.15, 0.2) is 16.6 Å². The Morgan fingerprint density at radius 1 is 1.47 bits per heavy atom. The van der Waals surface area contributed by atoms with Gasteiger partial charge in [0.25, 0.3) is 0 Å². The largest absolute Gasteiger partial charge is 0.294 e. The van der Waals surface area contributed by atoms with Crippen molar-refractivity contribution in [3.8, 4) is 0 Å². The number of carbonyl (C=O) groups excluding carboxylic acids is 1. The van der Waals surface area contributed by atoms with Crippen molar-refractivity contribution in [3.63, 3.8) is 0 Å². The molecule has 2 atom stereocenters. The van der Waals surface area contributed by atoms with E-state index in [1.807, 2.05) is 6.92 Å². The minimum atomic E-state index is -0.792. The first kappa shape index (κ1) is 10.7. The first-order valence-electron chi connectivity index (χ1n) is 4.70. The molecule has 1 aliphatic rings. The van der Waals surface area contributed by atoms with Crippen molar-refractivity contribution in [1.29, 1.82) is 0 Å². The zero-order valence-electron chi connectivity index (χ0n) is 8.06. The van der Waals surface area contributed by atoms with Gasteiger partial charge < -0.3 is 0 Å². The Morgan fingerprint density at radius 3 is 2.60 bits per heavy atom. The van der Waals surface area contributed by atoms with E-state index in [4.69, 9.17) is 0 Å². The lowest BCUT2D eigenvalue weighted by molar-refractivity contribution is 0.0954. The summed E-state index contributed by atoms with van der Waals surface area (Å²) in [5, 5.41) is 0. The second-order valence-corrected chi connectivity index (χ2v) is 4.76. The fourth-order valence-electron chi connectivity index (χ4n) is 1.63. The Balaban J connectivity index is 2.43. The summed E-state index contributed by atoms with van der Waals surface area (Å²) in [7, 11) is 0. The topological polar surface area (TPSA) is 17.1 Å². The molecular weight excluding hydrogens is 266 g/mol. The van der Waals surface area contributed by atoms with Gasteiger partial charge in [-0.1, -0.05) is 6.92 Å². The molecule has 2 unspecified atom stereocenters. The number of carbonyl (C=O) groups is 1. The molecule has 0 radical (unpaired) electrons. The Kier molecular flexibility index (Phi) is 2.63. The van der Waals surface area contributed by atoms with Crippen LogP contribution in [0.3, 0.4) is 0 Å². The van der Waals surface area contributed by atoms with Crippen LogP contribution in [0.5, 0.6) is 0 Å². The van der Waals surface area contributed by atoms with E-state index in [-0.39, 0.29) is 16.3 Å².